The van der Waals surface area contributed by atoms with Crippen LogP contribution in [0.15, 0.2) is 0 Å². The number of unbranched alkanes of at least 4 members (excludes halogenated alkanes) is 34. The quantitative estimate of drug-likeness (QED) is 0.0222. The second kappa shape index (κ2) is 61.6. The lowest BCUT2D eigenvalue weighted by molar-refractivity contribution is -0.161. The van der Waals surface area contributed by atoms with Crippen LogP contribution in [0, 0.1) is 23.7 Å². The van der Waals surface area contributed by atoms with E-state index in [4.69, 9.17) is 37.0 Å². The summed E-state index contributed by atoms with van der Waals surface area (Å²) >= 11 is 0. The van der Waals surface area contributed by atoms with Crippen molar-refractivity contribution in [1.82, 2.24) is 0 Å². The lowest BCUT2D eigenvalue weighted by Gasteiger charge is -2.21. The molecular formula is C72H140O17P2. The van der Waals surface area contributed by atoms with Gasteiger partial charge in [-0.2, -0.15) is 0 Å². The first-order chi connectivity index (χ1) is 43.6. The minimum absolute atomic E-state index is 0.102. The van der Waals surface area contributed by atoms with E-state index in [0.717, 1.165) is 114 Å². The topological polar surface area (TPSA) is 237 Å². The van der Waals surface area contributed by atoms with Gasteiger partial charge >= 0.3 is 39.5 Å². The van der Waals surface area contributed by atoms with E-state index in [-0.39, 0.29) is 25.7 Å². The number of phosphoric ester groups is 2. The number of hydrogen-bond acceptors (Lipinski definition) is 15. The van der Waals surface area contributed by atoms with Crippen molar-refractivity contribution in [2.45, 2.75) is 375 Å². The third kappa shape index (κ3) is 65.1. The predicted molar refractivity (Wildman–Crippen MR) is 367 cm³/mol. The molecule has 0 radical (unpaired) electrons. The minimum atomic E-state index is -4.95. The van der Waals surface area contributed by atoms with Gasteiger partial charge in [0.15, 0.2) is 12.2 Å². The molecule has 0 aliphatic heterocycles. The number of carbonyl (C=O) groups excluding carboxylic acids is 4. The molecular weight excluding hydrogens is 1200 g/mol. The normalized spacial score (nSPS) is 14.5. The number of rotatable bonds is 69. The van der Waals surface area contributed by atoms with E-state index in [2.05, 4.69) is 55.4 Å². The molecule has 0 aromatic rings. The van der Waals surface area contributed by atoms with E-state index in [1.54, 1.807) is 0 Å². The Morgan fingerprint density at radius 2 is 0.527 bits per heavy atom. The zero-order valence-corrected chi connectivity index (χ0v) is 61.3. The van der Waals surface area contributed by atoms with E-state index in [9.17, 15) is 43.2 Å². The number of ether oxygens (including phenoxy) is 4. The Labute approximate surface area is 556 Å². The third-order valence-corrected chi connectivity index (χ3v) is 18.8. The van der Waals surface area contributed by atoms with Crippen LogP contribution in [0.3, 0.4) is 0 Å². The number of aliphatic hydroxyl groups is 1. The summed E-state index contributed by atoms with van der Waals surface area (Å²) in [5.41, 5.74) is 0. The highest BCUT2D eigenvalue weighted by molar-refractivity contribution is 7.47. The van der Waals surface area contributed by atoms with Crippen molar-refractivity contribution in [2.24, 2.45) is 23.7 Å². The fourth-order valence-corrected chi connectivity index (χ4v) is 12.4. The maximum Gasteiger partial charge on any atom is 0.472 e. The Balaban J connectivity index is 5.20. The first-order valence-electron chi connectivity index (χ1n) is 37.2. The molecule has 3 N–H and O–H groups in total. The Bertz CT molecular complexity index is 1800. The molecule has 0 aromatic carbocycles. The van der Waals surface area contributed by atoms with E-state index < -0.39 is 97.5 Å². The predicted octanol–water partition coefficient (Wildman–Crippen LogP) is 20.5. The van der Waals surface area contributed by atoms with Gasteiger partial charge < -0.3 is 33.8 Å². The number of aliphatic hydroxyl groups excluding tert-OH is 1. The summed E-state index contributed by atoms with van der Waals surface area (Å²) in [4.78, 5) is 72.6. The van der Waals surface area contributed by atoms with Gasteiger partial charge in [0.25, 0.3) is 0 Å². The minimum Gasteiger partial charge on any atom is -0.462 e. The molecule has 0 fully saturated rings. The van der Waals surface area contributed by atoms with Crippen molar-refractivity contribution in [1.29, 1.82) is 0 Å². The van der Waals surface area contributed by atoms with Gasteiger partial charge in [0, 0.05) is 25.7 Å². The molecule has 91 heavy (non-hydrogen) atoms. The fraction of sp³-hybridized carbons (Fsp3) is 0.944. The molecule has 0 rings (SSSR count). The van der Waals surface area contributed by atoms with E-state index in [0.29, 0.717) is 31.6 Å². The number of phosphoric acid groups is 2. The Morgan fingerprint density at radius 1 is 0.308 bits per heavy atom. The molecule has 0 aliphatic carbocycles. The summed E-state index contributed by atoms with van der Waals surface area (Å²) in [5.74, 6) is 0.846. The van der Waals surface area contributed by atoms with Crippen LogP contribution in [-0.2, 0) is 65.4 Å². The maximum absolute atomic E-state index is 13.0. The second-order valence-corrected chi connectivity index (χ2v) is 30.6. The van der Waals surface area contributed by atoms with Crippen LogP contribution in [0.5, 0.6) is 0 Å². The van der Waals surface area contributed by atoms with Crippen LogP contribution in [0.25, 0.3) is 0 Å². The van der Waals surface area contributed by atoms with E-state index in [1.807, 2.05) is 0 Å². The maximum atomic E-state index is 13.0. The van der Waals surface area contributed by atoms with Crippen LogP contribution < -0.4 is 0 Å². The van der Waals surface area contributed by atoms with Gasteiger partial charge in [-0.15, -0.1) is 0 Å². The Kier molecular flexibility index (Phi) is 60.3. The molecule has 0 bridgehead atoms. The molecule has 3 unspecified atom stereocenters. The smallest absolute Gasteiger partial charge is 0.462 e. The summed E-state index contributed by atoms with van der Waals surface area (Å²) in [6.45, 7) is 14.1. The highest BCUT2D eigenvalue weighted by Gasteiger charge is 2.30. The first-order valence-corrected chi connectivity index (χ1v) is 40.2. The number of hydrogen-bond donors (Lipinski definition) is 3. The van der Waals surface area contributed by atoms with Gasteiger partial charge in [0.2, 0.25) is 0 Å². The van der Waals surface area contributed by atoms with Gasteiger partial charge in [-0.05, 0) is 49.4 Å². The van der Waals surface area contributed by atoms with Crippen molar-refractivity contribution in [2.75, 3.05) is 39.6 Å². The summed E-state index contributed by atoms with van der Waals surface area (Å²) in [6.07, 6.45) is 44.7. The van der Waals surface area contributed by atoms with Crippen LogP contribution >= 0.6 is 15.6 Å². The highest BCUT2D eigenvalue weighted by atomic mass is 31.2. The average Bonchev–Trinajstić information content (AvgIpc) is 3.68. The van der Waals surface area contributed by atoms with Crippen molar-refractivity contribution in [3.05, 3.63) is 0 Å². The zero-order chi connectivity index (χ0) is 67.5. The third-order valence-electron chi connectivity index (χ3n) is 16.9. The highest BCUT2D eigenvalue weighted by Crippen LogP contribution is 2.45. The van der Waals surface area contributed by atoms with Crippen molar-refractivity contribution < 1.29 is 80.2 Å². The summed E-state index contributed by atoms with van der Waals surface area (Å²) in [6, 6.07) is 0. The van der Waals surface area contributed by atoms with Crippen LogP contribution in [0.4, 0.5) is 0 Å². The summed E-state index contributed by atoms with van der Waals surface area (Å²) < 4.78 is 68.3. The SMILES string of the molecule is CCC(C)CCCCCCCCC(=O)OC[C@H](COP(=O)(O)OC[C@H](O)COP(=O)(O)OC[C@@H](COC(=O)CCCCCCCCCCCCCCC(C)C)OC(=O)CCCCCCCCC(C)C)OC(=O)CCCCCCCCCCCCCCCCC(C)C. The number of esters is 4. The second-order valence-electron chi connectivity index (χ2n) is 27.6. The monoisotopic (exact) mass is 1340 g/mol. The molecule has 540 valence electrons. The molecule has 0 spiro atoms. The Hall–Kier alpha value is -1.94. The zero-order valence-electron chi connectivity index (χ0n) is 59.5. The molecule has 0 aliphatic rings. The van der Waals surface area contributed by atoms with Gasteiger partial charge in [-0.1, -0.05) is 306 Å². The molecule has 0 amide bonds. The van der Waals surface area contributed by atoms with Gasteiger partial charge in [0.1, 0.15) is 19.3 Å². The molecule has 6 atom stereocenters. The van der Waals surface area contributed by atoms with Crippen molar-refractivity contribution in [3.8, 4) is 0 Å². The van der Waals surface area contributed by atoms with Gasteiger partial charge in [0.05, 0.1) is 26.4 Å². The summed E-state index contributed by atoms with van der Waals surface area (Å²) in [7, 11) is -9.90. The van der Waals surface area contributed by atoms with E-state index in [1.165, 1.54) is 154 Å². The summed E-state index contributed by atoms with van der Waals surface area (Å²) in [5, 5.41) is 10.6. The fourth-order valence-electron chi connectivity index (χ4n) is 10.8. The molecule has 0 aromatic heterocycles. The van der Waals surface area contributed by atoms with Gasteiger partial charge in [-0.25, -0.2) is 9.13 Å². The lowest BCUT2D eigenvalue weighted by atomic mass is 10.00. The average molecular weight is 1340 g/mol. The molecule has 19 heteroatoms. The molecule has 0 saturated carbocycles. The molecule has 0 saturated heterocycles. The van der Waals surface area contributed by atoms with Crippen LogP contribution in [-0.4, -0.2) is 96.7 Å². The Morgan fingerprint density at radius 3 is 0.780 bits per heavy atom. The standard InChI is InChI=1S/C72H140O17P2/c1-9-65(8)51-43-35-29-31-37-45-53-70(75)83-59-67(88-71(76)54-46-38-27-23-19-13-11-10-12-16-20-24-32-40-48-62(2)3)60-86-90(78,79)84-56-66(73)57-85-91(80,81)87-61-68(89-72(77)55-47-39-30-28-34-42-50-64(6)7)58-82-69(74)52-44-36-26-22-18-15-14-17-21-25-33-41-49-63(4)5/h62-68,73H,9-61H2,1-8H3,(H,78,79)(H,80,81)/t65?,66-,67+,68+/m0/s1. The van der Waals surface area contributed by atoms with Crippen molar-refractivity contribution in [3.63, 3.8) is 0 Å². The first kappa shape index (κ1) is 89.1. The van der Waals surface area contributed by atoms with Crippen LogP contribution in [0.2, 0.25) is 0 Å². The van der Waals surface area contributed by atoms with E-state index >= 15 is 0 Å². The molecule has 17 nitrogen and oxygen atoms in total. The van der Waals surface area contributed by atoms with Gasteiger partial charge in [-0.3, -0.25) is 37.3 Å². The largest absolute Gasteiger partial charge is 0.472 e. The van der Waals surface area contributed by atoms with Crippen molar-refractivity contribution >= 4 is 39.5 Å². The number of carbonyl (C=O) groups is 4. The molecule has 0 heterocycles. The lowest BCUT2D eigenvalue weighted by Crippen LogP contribution is -2.30. The van der Waals surface area contributed by atoms with Crippen LogP contribution in [0.1, 0.15) is 357 Å².